The van der Waals surface area contributed by atoms with E-state index >= 15 is 0 Å². The first-order chi connectivity index (χ1) is 8.25. The van der Waals surface area contributed by atoms with Crippen LogP contribution in [0, 0.1) is 0 Å². The summed E-state index contributed by atoms with van der Waals surface area (Å²) in [5, 5.41) is 4.80. The van der Waals surface area contributed by atoms with Gasteiger partial charge in [-0.1, -0.05) is 23.2 Å². The highest BCUT2D eigenvalue weighted by atomic mass is 35.5. The fourth-order valence-electron chi connectivity index (χ4n) is 1.58. The number of rotatable bonds is 7. The molecule has 0 bridgehead atoms. The Hall–Kier alpha value is 0.110. The minimum absolute atomic E-state index is 0.629. The molecule has 94 valence electrons. The first kappa shape index (κ1) is 13.5. The summed E-state index contributed by atoms with van der Waals surface area (Å²) in [7, 11) is 0. The first-order valence-corrected chi connectivity index (χ1v) is 7.81. The van der Waals surface area contributed by atoms with Crippen LogP contribution in [0.4, 0.5) is 0 Å². The summed E-state index contributed by atoms with van der Waals surface area (Å²) in [5.74, 6) is 1.14. The summed E-state index contributed by atoms with van der Waals surface area (Å²) >= 11 is 13.7. The maximum Gasteiger partial charge on any atom is 0.0603 e. The zero-order chi connectivity index (χ0) is 12.1. The number of hydrogen-bond donors (Lipinski definition) is 1. The average Bonchev–Trinajstić information content (AvgIpc) is 3.12. The van der Waals surface area contributed by atoms with E-state index in [4.69, 9.17) is 23.2 Å². The van der Waals surface area contributed by atoms with E-state index in [1.807, 2.05) is 30.0 Å². The molecule has 1 N–H and O–H groups in total. The highest BCUT2D eigenvalue weighted by molar-refractivity contribution is 7.99. The van der Waals surface area contributed by atoms with Gasteiger partial charge in [0.1, 0.15) is 0 Å². The predicted molar refractivity (Wildman–Crippen MR) is 77.4 cm³/mol. The molecule has 1 nitrogen and oxygen atoms in total. The maximum atomic E-state index is 5.96. The molecule has 1 aliphatic carbocycles. The highest BCUT2D eigenvalue weighted by Gasteiger charge is 2.19. The largest absolute Gasteiger partial charge is 0.314 e. The molecule has 0 heterocycles. The van der Waals surface area contributed by atoms with Crippen molar-refractivity contribution in [2.24, 2.45) is 0 Å². The minimum Gasteiger partial charge on any atom is -0.314 e. The van der Waals surface area contributed by atoms with Crippen LogP contribution < -0.4 is 5.32 Å². The SMILES string of the molecule is Clc1ccc(SCCCCNC2CC2)cc1Cl. The fraction of sp³-hybridized carbons (Fsp3) is 0.538. The molecule has 1 aliphatic rings. The van der Waals surface area contributed by atoms with E-state index in [1.165, 1.54) is 30.6 Å². The fourth-order valence-corrected chi connectivity index (χ4v) is 2.89. The molecule has 0 saturated heterocycles. The van der Waals surface area contributed by atoms with Crippen LogP contribution in [0.2, 0.25) is 10.0 Å². The normalized spacial score (nSPS) is 15.2. The Bertz CT molecular complexity index is 366. The Balaban J connectivity index is 1.58. The molecule has 1 saturated carbocycles. The molecular formula is C13H17Cl2NS. The zero-order valence-corrected chi connectivity index (χ0v) is 12.0. The van der Waals surface area contributed by atoms with Gasteiger partial charge in [-0.05, 0) is 56.2 Å². The third-order valence-electron chi connectivity index (χ3n) is 2.74. The Morgan fingerprint density at radius 1 is 1.18 bits per heavy atom. The molecule has 1 aromatic rings. The van der Waals surface area contributed by atoms with Gasteiger partial charge in [-0.3, -0.25) is 0 Å². The van der Waals surface area contributed by atoms with E-state index < -0.39 is 0 Å². The van der Waals surface area contributed by atoms with Gasteiger partial charge in [-0.15, -0.1) is 11.8 Å². The molecule has 0 aliphatic heterocycles. The lowest BCUT2D eigenvalue weighted by atomic mass is 10.3. The van der Waals surface area contributed by atoms with Crippen molar-refractivity contribution in [3.8, 4) is 0 Å². The van der Waals surface area contributed by atoms with E-state index in [1.54, 1.807) is 0 Å². The molecule has 4 heteroatoms. The predicted octanol–water partition coefficient (Wildman–Crippen LogP) is 4.62. The van der Waals surface area contributed by atoms with E-state index in [0.717, 1.165) is 18.3 Å². The molecule has 2 rings (SSSR count). The van der Waals surface area contributed by atoms with Gasteiger partial charge in [-0.25, -0.2) is 0 Å². The molecule has 0 spiro atoms. The monoisotopic (exact) mass is 289 g/mol. The number of hydrogen-bond acceptors (Lipinski definition) is 2. The Morgan fingerprint density at radius 3 is 2.71 bits per heavy atom. The summed E-state index contributed by atoms with van der Waals surface area (Å²) in [5.41, 5.74) is 0. The van der Waals surface area contributed by atoms with Crippen molar-refractivity contribution >= 4 is 35.0 Å². The second-order valence-electron chi connectivity index (χ2n) is 4.36. The van der Waals surface area contributed by atoms with Crippen molar-refractivity contribution in [2.75, 3.05) is 12.3 Å². The van der Waals surface area contributed by atoms with E-state index in [-0.39, 0.29) is 0 Å². The lowest BCUT2D eigenvalue weighted by Gasteiger charge is -2.04. The van der Waals surface area contributed by atoms with Crippen molar-refractivity contribution in [2.45, 2.75) is 36.6 Å². The van der Waals surface area contributed by atoms with Gasteiger partial charge in [0.25, 0.3) is 0 Å². The van der Waals surface area contributed by atoms with Gasteiger partial charge in [-0.2, -0.15) is 0 Å². The summed E-state index contributed by atoms with van der Waals surface area (Å²) in [6, 6.07) is 6.66. The van der Waals surface area contributed by atoms with E-state index in [2.05, 4.69) is 5.32 Å². The molecule has 1 aromatic carbocycles. The van der Waals surface area contributed by atoms with Gasteiger partial charge in [0.05, 0.1) is 10.0 Å². The number of unbranched alkanes of at least 4 members (excludes halogenated alkanes) is 1. The Kier molecular flexibility index (Phi) is 5.49. The highest BCUT2D eigenvalue weighted by Crippen LogP contribution is 2.28. The number of thioether (sulfide) groups is 1. The zero-order valence-electron chi connectivity index (χ0n) is 9.72. The molecule has 1 fully saturated rings. The van der Waals surface area contributed by atoms with Gasteiger partial charge in [0, 0.05) is 10.9 Å². The smallest absolute Gasteiger partial charge is 0.0603 e. The van der Waals surface area contributed by atoms with E-state index in [9.17, 15) is 0 Å². The summed E-state index contributed by atoms with van der Waals surface area (Å²) < 4.78 is 0. The van der Waals surface area contributed by atoms with Crippen molar-refractivity contribution in [3.05, 3.63) is 28.2 Å². The number of nitrogens with one attached hydrogen (secondary N) is 1. The molecule has 0 atom stereocenters. The lowest BCUT2D eigenvalue weighted by molar-refractivity contribution is 0.640. The van der Waals surface area contributed by atoms with E-state index in [0.29, 0.717) is 10.0 Å². The second-order valence-corrected chi connectivity index (χ2v) is 6.34. The third-order valence-corrected chi connectivity index (χ3v) is 4.56. The lowest BCUT2D eigenvalue weighted by Crippen LogP contribution is -2.17. The van der Waals surface area contributed by atoms with Gasteiger partial charge in [0.2, 0.25) is 0 Å². The molecule has 0 amide bonds. The molecule has 0 radical (unpaired) electrons. The van der Waals surface area contributed by atoms with Crippen molar-refractivity contribution < 1.29 is 0 Å². The summed E-state index contributed by atoms with van der Waals surface area (Å²) in [6.45, 7) is 1.16. The van der Waals surface area contributed by atoms with Gasteiger partial charge >= 0.3 is 0 Å². The van der Waals surface area contributed by atoms with Gasteiger partial charge < -0.3 is 5.32 Å². The number of benzene rings is 1. The Morgan fingerprint density at radius 2 is 2.00 bits per heavy atom. The molecule has 17 heavy (non-hydrogen) atoms. The van der Waals surface area contributed by atoms with Gasteiger partial charge in [0.15, 0.2) is 0 Å². The minimum atomic E-state index is 0.629. The van der Waals surface area contributed by atoms with Crippen LogP contribution in [0.25, 0.3) is 0 Å². The quantitative estimate of drug-likeness (QED) is 0.581. The summed E-state index contributed by atoms with van der Waals surface area (Å²) in [6.07, 6.45) is 5.24. The first-order valence-electron chi connectivity index (χ1n) is 6.07. The van der Waals surface area contributed by atoms with Crippen LogP contribution in [-0.2, 0) is 0 Å². The molecule has 0 unspecified atom stereocenters. The van der Waals surface area contributed by atoms with Crippen LogP contribution >= 0.6 is 35.0 Å². The van der Waals surface area contributed by atoms with Crippen LogP contribution in [-0.4, -0.2) is 18.3 Å². The summed E-state index contributed by atoms with van der Waals surface area (Å²) in [4.78, 5) is 1.20. The van der Waals surface area contributed by atoms with Crippen molar-refractivity contribution in [3.63, 3.8) is 0 Å². The van der Waals surface area contributed by atoms with Crippen LogP contribution in [0.1, 0.15) is 25.7 Å². The van der Waals surface area contributed by atoms with Crippen LogP contribution in [0.5, 0.6) is 0 Å². The molecular weight excluding hydrogens is 273 g/mol. The van der Waals surface area contributed by atoms with Crippen molar-refractivity contribution in [1.29, 1.82) is 0 Å². The maximum absolute atomic E-state index is 5.96. The number of halogens is 2. The second kappa shape index (κ2) is 6.89. The van der Waals surface area contributed by atoms with Crippen molar-refractivity contribution in [1.82, 2.24) is 5.32 Å². The standard InChI is InChI=1S/C13H17Cl2NS/c14-12-6-5-11(9-13(12)15)17-8-2-1-7-16-10-3-4-10/h5-6,9-10,16H,1-4,7-8H2. The average molecular weight is 290 g/mol. The van der Waals surface area contributed by atoms with Crippen LogP contribution in [0.3, 0.4) is 0 Å². The topological polar surface area (TPSA) is 12.0 Å². The molecule has 0 aromatic heterocycles. The Labute approximate surface area is 117 Å². The third kappa shape index (κ3) is 5.09. The van der Waals surface area contributed by atoms with Crippen LogP contribution in [0.15, 0.2) is 23.1 Å².